The van der Waals surface area contributed by atoms with Gasteiger partial charge in [-0.25, -0.2) is 10.6 Å². The number of carbonyl (C=O) groups is 1. The van der Waals surface area contributed by atoms with Gasteiger partial charge in [0.05, 0.1) is 23.8 Å². The Balaban J connectivity index is 2.45. The summed E-state index contributed by atoms with van der Waals surface area (Å²) in [7, 11) is 0. The average molecular weight is 245 g/mol. The number of fused-ring (bicyclic) bond motifs is 1. The molecule has 0 fully saturated rings. The van der Waals surface area contributed by atoms with Crippen molar-refractivity contribution in [3.8, 4) is 6.07 Å². The van der Waals surface area contributed by atoms with Crippen LogP contribution in [0, 0.1) is 11.3 Å². The number of hydrogen-bond donors (Lipinski definition) is 2. The van der Waals surface area contributed by atoms with E-state index in [1.54, 1.807) is 25.1 Å². The van der Waals surface area contributed by atoms with Gasteiger partial charge in [-0.2, -0.15) is 15.4 Å². The molecule has 0 saturated carbocycles. The monoisotopic (exact) mass is 245 g/mol. The molecule has 1 heterocycles. The predicted octanol–water partition coefficient (Wildman–Crippen LogP) is 1.27. The zero-order chi connectivity index (χ0) is 13.1. The average Bonchev–Trinajstić information content (AvgIpc) is 2.80. The van der Waals surface area contributed by atoms with Gasteiger partial charge < -0.3 is 4.74 Å². The first-order valence-electron chi connectivity index (χ1n) is 5.27. The van der Waals surface area contributed by atoms with E-state index in [1.807, 2.05) is 6.07 Å². The Morgan fingerprint density at radius 2 is 2.44 bits per heavy atom. The first kappa shape index (κ1) is 11.9. The zero-order valence-corrected chi connectivity index (χ0v) is 9.67. The van der Waals surface area contributed by atoms with E-state index in [0.29, 0.717) is 16.5 Å². The van der Waals surface area contributed by atoms with Crippen LogP contribution in [0.5, 0.6) is 0 Å². The van der Waals surface area contributed by atoms with E-state index in [0.717, 1.165) is 5.01 Å². The number of aromatic nitrogens is 2. The van der Waals surface area contributed by atoms with E-state index in [4.69, 9.17) is 15.8 Å². The number of hydrogen-bond acceptors (Lipinski definition) is 5. The van der Waals surface area contributed by atoms with Gasteiger partial charge in [-0.1, -0.05) is 0 Å². The molecule has 0 bridgehead atoms. The maximum Gasteiger partial charge on any atom is 0.430 e. The van der Waals surface area contributed by atoms with Gasteiger partial charge in [0.1, 0.15) is 0 Å². The number of H-pyrrole nitrogens is 1. The minimum atomic E-state index is -0.701. The second-order valence-corrected chi connectivity index (χ2v) is 3.49. The molecule has 7 heteroatoms. The number of carbonyl (C=O) groups excluding carboxylic acids is 1. The number of amides is 1. The summed E-state index contributed by atoms with van der Waals surface area (Å²) in [6.45, 7) is 1.90. The zero-order valence-electron chi connectivity index (χ0n) is 9.67. The van der Waals surface area contributed by atoms with Crippen LogP contribution in [-0.4, -0.2) is 22.9 Å². The van der Waals surface area contributed by atoms with Gasteiger partial charge >= 0.3 is 6.09 Å². The SMILES string of the molecule is CCOC(=O)N(N)c1n[nH]c2ccc(C#N)cc12. The van der Waals surface area contributed by atoms with Crippen LogP contribution in [0.1, 0.15) is 12.5 Å². The molecule has 0 aliphatic carbocycles. The molecule has 2 aromatic rings. The Labute approximate surface area is 103 Å². The molecular weight excluding hydrogens is 234 g/mol. The lowest BCUT2D eigenvalue weighted by Gasteiger charge is -2.13. The van der Waals surface area contributed by atoms with E-state index < -0.39 is 6.09 Å². The van der Waals surface area contributed by atoms with Gasteiger partial charge in [-0.05, 0) is 25.1 Å². The molecule has 0 aliphatic heterocycles. The smallest absolute Gasteiger partial charge is 0.430 e. The Morgan fingerprint density at radius 3 is 3.11 bits per heavy atom. The fourth-order valence-corrected chi connectivity index (χ4v) is 1.53. The highest BCUT2D eigenvalue weighted by Gasteiger charge is 2.18. The number of ether oxygens (including phenoxy) is 1. The van der Waals surface area contributed by atoms with Crippen LogP contribution in [0.2, 0.25) is 0 Å². The lowest BCUT2D eigenvalue weighted by atomic mass is 10.2. The summed E-state index contributed by atoms with van der Waals surface area (Å²) < 4.78 is 4.78. The number of nitrogens with zero attached hydrogens (tertiary/aromatic N) is 3. The van der Waals surface area contributed by atoms with E-state index in [2.05, 4.69) is 10.2 Å². The first-order valence-corrected chi connectivity index (χ1v) is 5.27. The molecule has 1 aromatic heterocycles. The molecule has 0 saturated heterocycles. The van der Waals surface area contributed by atoms with Gasteiger partial charge in [0.15, 0.2) is 5.82 Å². The number of nitrogens with two attached hydrogens (primary N) is 1. The largest absolute Gasteiger partial charge is 0.448 e. The van der Waals surface area contributed by atoms with Gasteiger partial charge in [0.25, 0.3) is 0 Å². The summed E-state index contributed by atoms with van der Waals surface area (Å²) in [5, 5.41) is 16.9. The Kier molecular flexibility index (Phi) is 3.12. The quantitative estimate of drug-likeness (QED) is 0.470. The normalized spacial score (nSPS) is 10.1. The van der Waals surface area contributed by atoms with Crippen LogP contribution in [0.15, 0.2) is 18.2 Å². The minimum absolute atomic E-state index is 0.221. The fraction of sp³-hybridized carbons (Fsp3) is 0.182. The van der Waals surface area contributed by atoms with Gasteiger partial charge in [0, 0.05) is 5.39 Å². The van der Waals surface area contributed by atoms with Gasteiger partial charge in [-0.15, -0.1) is 0 Å². The van der Waals surface area contributed by atoms with E-state index >= 15 is 0 Å². The fourth-order valence-electron chi connectivity index (χ4n) is 1.53. The van der Waals surface area contributed by atoms with E-state index in [9.17, 15) is 4.79 Å². The van der Waals surface area contributed by atoms with Crippen LogP contribution in [-0.2, 0) is 4.74 Å². The molecule has 18 heavy (non-hydrogen) atoms. The molecule has 92 valence electrons. The highest BCUT2D eigenvalue weighted by molar-refractivity contribution is 5.98. The lowest BCUT2D eigenvalue weighted by molar-refractivity contribution is 0.159. The Morgan fingerprint density at radius 1 is 1.67 bits per heavy atom. The van der Waals surface area contributed by atoms with Crippen LogP contribution in [0.25, 0.3) is 10.9 Å². The molecule has 7 nitrogen and oxygen atoms in total. The number of nitriles is 1. The third kappa shape index (κ3) is 1.97. The second-order valence-electron chi connectivity index (χ2n) is 3.49. The van der Waals surface area contributed by atoms with Crippen molar-refractivity contribution in [2.24, 2.45) is 5.84 Å². The number of anilines is 1. The summed E-state index contributed by atoms with van der Waals surface area (Å²) in [5.74, 6) is 5.84. The van der Waals surface area contributed by atoms with Crippen molar-refractivity contribution < 1.29 is 9.53 Å². The number of nitrogens with one attached hydrogen (secondary N) is 1. The molecule has 3 N–H and O–H groups in total. The molecule has 0 radical (unpaired) electrons. The summed E-state index contributed by atoms with van der Waals surface area (Å²) in [6, 6.07) is 6.96. The Hall–Kier alpha value is -2.59. The van der Waals surface area contributed by atoms with Crippen LogP contribution >= 0.6 is 0 Å². The molecule has 0 atom stereocenters. The maximum absolute atomic E-state index is 11.5. The van der Waals surface area contributed by atoms with Crippen molar-refractivity contribution >= 4 is 22.8 Å². The van der Waals surface area contributed by atoms with Crippen molar-refractivity contribution in [1.82, 2.24) is 10.2 Å². The summed E-state index contributed by atoms with van der Waals surface area (Å²) in [6.07, 6.45) is -0.701. The number of rotatable bonds is 2. The first-order chi connectivity index (χ1) is 8.67. The lowest BCUT2D eigenvalue weighted by Crippen LogP contribution is -2.38. The highest BCUT2D eigenvalue weighted by Crippen LogP contribution is 2.23. The molecule has 0 unspecified atom stereocenters. The summed E-state index contributed by atoms with van der Waals surface area (Å²) in [5.41, 5.74) is 1.14. The topological polar surface area (TPSA) is 108 Å². The van der Waals surface area contributed by atoms with Crippen molar-refractivity contribution in [2.45, 2.75) is 6.92 Å². The van der Waals surface area contributed by atoms with Crippen LogP contribution < -0.4 is 10.9 Å². The van der Waals surface area contributed by atoms with Crippen molar-refractivity contribution in [3.05, 3.63) is 23.8 Å². The predicted molar refractivity (Wildman–Crippen MR) is 64.5 cm³/mol. The van der Waals surface area contributed by atoms with Crippen molar-refractivity contribution in [1.29, 1.82) is 5.26 Å². The van der Waals surface area contributed by atoms with Crippen molar-refractivity contribution in [3.63, 3.8) is 0 Å². The van der Waals surface area contributed by atoms with Crippen LogP contribution in [0.4, 0.5) is 10.6 Å². The van der Waals surface area contributed by atoms with Crippen LogP contribution in [0.3, 0.4) is 0 Å². The highest BCUT2D eigenvalue weighted by atomic mass is 16.6. The standard InChI is InChI=1S/C11H11N5O2/c1-2-18-11(17)16(13)10-8-5-7(6-12)3-4-9(8)14-15-10/h3-5H,2,13H2,1H3,(H,14,15). The molecule has 2 rings (SSSR count). The molecule has 1 aromatic carbocycles. The van der Waals surface area contributed by atoms with Gasteiger partial charge in [0.2, 0.25) is 0 Å². The molecule has 1 amide bonds. The number of hydrazine groups is 1. The number of aromatic amines is 1. The molecule has 0 aliphatic rings. The summed E-state index contributed by atoms with van der Waals surface area (Å²) >= 11 is 0. The third-order valence-corrected chi connectivity index (χ3v) is 2.36. The maximum atomic E-state index is 11.5. The molecular formula is C11H11N5O2. The third-order valence-electron chi connectivity index (χ3n) is 2.36. The van der Waals surface area contributed by atoms with E-state index in [-0.39, 0.29) is 12.4 Å². The Bertz CT molecular complexity index is 628. The van der Waals surface area contributed by atoms with E-state index in [1.165, 1.54) is 0 Å². The molecule has 0 spiro atoms. The number of benzene rings is 1. The minimum Gasteiger partial charge on any atom is -0.448 e. The second kappa shape index (κ2) is 4.73. The van der Waals surface area contributed by atoms with Crippen molar-refractivity contribution in [2.75, 3.05) is 11.6 Å². The summed E-state index contributed by atoms with van der Waals surface area (Å²) in [4.78, 5) is 11.5. The van der Waals surface area contributed by atoms with Gasteiger partial charge in [-0.3, -0.25) is 5.10 Å².